The zero-order chi connectivity index (χ0) is 11.8. The summed E-state index contributed by atoms with van der Waals surface area (Å²) in [5, 5.41) is 11.8. The molecule has 0 aliphatic rings. The van der Waals surface area contributed by atoms with Crippen molar-refractivity contribution in [3.8, 4) is 6.07 Å². The highest BCUT2D eigenvalue weighted by Gasteiger charge is 2.06. The van der Waals surface area contributed by atoms with E-state index in [0.29, 0.717) is 18.8 Å². The highest BCUT2D eigenvalue weighted by Crippen LogP contribution is 2.07. The average molecular weight is 221 g/mol. The molecule has 86 valence electrons. The normalized spacial score (nSPS) is 11.8. The molecule has 0 aliphatic carbocycles. The van der Waals surface area contributed by atoms with E-state index < -0.39 is 0 Å². The van der Waals surface area contributed by atoms with Crippen LogP contribution in [0.25, 0.3) is 0 Å². The molecule has 5 nitrogen and oxygen atoms in total. The van der Waals surface area contributed by atoms with Gasteiger partial charge < -0.3 is 14.8 Å². The fourth-order valence-electron chi connectivity index (χ4n) is 1.23. The molecule has 1 heterocycles. The van der Waals surface area contributed by atoms with Crippen molar-refractivity contribution in [1.29, 1.82) is 5.26 Å². The highest BCUT2D eigenvalue weighted by atomic mass is 16.5. The number of nitrogens with one attached hydrogen (secondary N) is 1. The van der Waals surface area contributed by atoms with Crippen molar-refractivity contribution < 1.29 is 9.47 Å². The Labute approximate surface area is 95.0 Å². The summed E-state index contributed by atoms with van der Waals surface area (Å²) in [5.41, 5.74) is 1.25. The summed E-state index contributed by atoms with van der Waals surface area (Å²) < 4.78 is 10.2. The van der Waals surface area contributed by atoms with Crippen LogP contribution in [0.3, 0.4) is 0 Å². The van der Waals surface area contributed by atoms with Gasteiger partial charge in [-0.3, -0.25) is 0 Å². The summed E-state index contributed by atoms with van der Waals surface area (Å²) in [7, 11) is 3.27. The van der Waals surface area contributed by atoms with Gasteiger partial charge in [0, 0.05) is 32.6 Å². The third kappa shape index (κ3) is 3.85. The molecule has 16 heavy (non-hydrogen) atoms. The summed E-state index contributed by atoms with van der Waals surface area (Å²) in [6.07, 6.45) is 1.59. The van der Waals surface area contributed by atoms with Crippen LogP contribution in [0.4, 0.5) is 5.69 Å². The third-order valence-corrected chi connectivity index (χ3v) is 2.09. The Morgan fingerprint density at radius 3 is 3.00 bits per heavy atom. The van der Waals surface area contributed by atoms with E-state index in [4.69, 9.17) is 14.7 Å². The number of rotatable bonds is 6. The number of pyridine rings is 1. The van der Waals surface area contributed by atoms with Crippen molar-refractivity contribution in [3.63, 3.8) is 0 Å². The number of nitriles is 1. The molecular weight excluding hydrogens is 206 g/mol. The van der Waals surface area contributed by atoms with E-state index in [9.17, 15) is 0 Å². The molecule has 1 N–H and O–H groups in total. The van der Waals surface area contributed by atoms with Crippen LogP contribution in [0.1, 0.15) is 5.69 Å². The molecule has 0 aliphatic heterocycles. The van der Waals surface area contributed by atoms with Gasteiger partial charge >= 0.3 is 0 Å². The molecule has 1 aromatic heterocycles. The van der Waals surface area contributed by atoms with Crippen LogP contribution in [0.5, 0.6) is 0 Å². The Kier molecular flexibility index (Phi) is 5.26. The highest BCUT2D eigenvalue weighted by molar-refractivity contribution is 5.45. The third-order valence-electron chi connectivity index (χ3n) is 2.09. The van der Waals surface area contributed by atoms with Crippen molar-refractivity contribution in [1.82, 2.24) is 4.98 Å². The SMILES string of the molecule is COCC(CNc1ccnc(C#N)c1)OC. The Morgan fingerprint density at radius 1 is 1.56 bits per heavy atom. The monoisotopic (exact) mass is 221 g/mol. The summed E-state index contributed by atoms with van der Waals surface area (Å²) in [5.74, 6) is 0. The van der Waals surface area contributed by atoms with Gasteiger partial charge in [-0.15, -0.1) is 0 Å². The summed E-state index contributed by atoms with van der Waals surface area (Å²) in [6.45, 7) is 1.15. The summed E-state index contributed by atoms with van der Waals surface area (Å²) >= 11 is 0. The predicted molar refractivity (Wildman–Crippen MR) is 60.1 cm³/mol. The van der Waals surface area contributed by atoms with Gasteiger partial charge in [-0.2, -0.15) is 5.26 Å². The largest absolute Gasteiger partial charge is 0.382 e. The molecule has 0 saturated heterocycles. The second kappa shape index (κ2) is 6.77. The van der Waals surface area contributed by atoms with E-state index in [2.05, 4.69) is 10.3 Å². The van der Waals surface area contributed by atoms with Crippen molar-refractivity contribution in [2.75, 3.05) is 32.7 Å². The topological polar surface area (TPSA) is 67.2 Å². The van der Waals surface area contributed by atoms with Crippen molar-refractivity contribution >= 4 is 5.69 Å². The molecule has 0 fully saturated rings. The standard InChI is InChI=1S/C11H15N3O2/c1-15-8-11(16-2)7-14-9-3-4-13-10(5-9)6-12/h3-5,11H,7-8H2,1-2H3,(H,13,14). The van der Waals surface area contributed by atoms with Crippen LogP contribution >= 0.6 is 0 Å². The van der Waals surface area contributed by atoms with Gasteiger partial charge in [-0.05, 0) is 12.1 Å². The van der Waals surface area contributed by atoms with E-state index in [1.54, 1.807) is 32.5 Å². The van der Waals surface area contributed by atoms with Crippen molar-refractivity contribution in [2.24, 2.45) is 0 Å². The molecule has 0 radical (unpaired) electrons. The fourth-order valence-corrected chi connectivity index (χ4v) is 1.23. The molecular formula is C11H15N3O2. The van der Waals surface area contributed by atoms with E-state index in [1.807, 2.05) is 6.07 Å². The maximum Gasteiger partial charge on any atom is 0.142 e. The number of hydrogen-bond donors (Lipinski definition) is 1. The van der Waals surface area contributed by atoms with Crippen molar-refractivity contribution in [2.45, 2.75) is 6.10 Å². The maximum absolute atomic E-state index is 8.68. The lowest BCUT2D eigenvalue weighted by molar-refractivity contribution is 0.0365. The lowest BCUT2D eigenvalue weighted by atomic mass is 10.3. The molecule has 1 atom stereocenters. The molecule has 0 spiro atoms. The van der Waals surface area contributed by atoms with Crippen LogP contribution in [-0.4, -0.2) is 38.5 Å². The van der Waals surface area contributed by atoms with E-state index in [0.717, 1.165) is 5.69 Å². The van der Waals surface area contributed by atoms with Crippen LogP contribution in [-0.2, 0) is 9.47 Å². The molecule has 0 bridgehead atoms. The number of nitrogens with zero attached hydrogens (tertiary/aromatic N) is 2. The number of anilines is 1. The quantitative estimate of drug-likeness (QED) is 0.777. The Morgan fingerprint density at radius 2 is 2.38 bits per heavy atom. The summed E-state index contributed by atoms with van der Waals surface area (Å²) in [4.78, 5) is 3.88. The molecule has 0 aromatic carbocycles. The number of ether oxygens (including phenoxy) is 2. The van der Waals surface area contributed by atoms with E-state index in [1.165, 1.54) is 0 Å². The molecule has 1 rings (SSSR count). The van der Waals surface area contributed by atoms with Gasteiger partial charge in [0.05, 0.1) is 12.7 Å². The van der Waals surface area contributed by atoms with Gasteiger partial charge in [0.15, 0.2) is 0 Å². The van der Waals surface area contributed by atoms with Gasteiger partial charge in [0.25, 0.3) is 0 Å². The minimum Gasteiger partial charge on any atom is -0.382 e. The van der Waals surface area contributed by atoms with Crippen molar-refractivity contribution in [3.05, 3.63) is 24.0 Å². The average Bonchev–Trinajstić information content (AvgIpc) is 2.34. The second-order valence-electron chi connectivity index (χ2n) is 3.24. The Bertz CT molecular complexity index is 362. The van der Waals surface area contributed by atoms with Crippen LogP contribution in [0.2, 0.25) is 0 Å². The number of aromatic nitrogens is 1. The fraction of sp³-hybridized carbons (Fsp3) is 0.455. The number of methoxy groups -OCH3 is 2. The zero-order valence-electron chi connectivity index (χ0n) is 9.43. The van der Waals surface area contributed by atoms with Gasteiger partial charge in [-0.25, -0.2) is 4.98 Å². The molecule has 5 heteroatoms. The second-order valence-corrected chi connectivity index (χ2v) is 3.24. The molecule has 1 aromatic rings. The van der Waals surface area contributed by atoms with Gasteiger partial charge in [0.2, 0.25) is 0 Å². The van der Waals surface area contributed by atoms with Gasteiger partial charge in [-0.1, -0.05) is 0 Å². The first-order valence-corrected chi connectivity index (χ1v) is 4.92. The maximum atomic E-state index is 8.68. The zero-order valence-corrected chi connectivity index (χ0v) is 9.43. The van der Waals surface area contributed by atoms with Crippen LogP contribution in [0, 0.1) is 11.3 Å². The van der Waals surface area contributed by atoms with E-state index >= 15 is 0 Å². The predicted octanol–water partition coefficient (Wildman–Crippen LogP) is 1.03. The minimum atomic E-state index is -0.0105. The Hall–Kier alpha value is -1.64. The van der Waals surface area contributed by atoms with Gasteiger partial charge in [0.1, 0.15) is 11.8 Å². The van der Waals surface area contributed by atoms with Crippen LogP contribution in [0.15, 0.2) is 18.3 Å². The minimum absolute atomic E-state index is 0.0105. The first-order chi connectivity index (χ1) is 7.80. The molecule has 1 unspecified atom stereocenters. The molecule has 0 amide bonds. The first kappa shape index (κ1) is 12.4. The Balaban J connectivity index is 2.50. The number of hydrogen-bond acceptors (Lipinski definition) is 5. The lowest BCUT2D eigenvalue weighted by Crippen LogP contribution is -2.26. The smallest absolute Gasteiger partial charge is 0.142 e. The summed E-state index contributed by atoms with van der Waals surface area (Å²) in [6, 6.07) is 5.49. The van der Waals surface area contributed by atoms with E-state index in [-0.39, 0.29) is 6.10 Å². The first-order valence-electron chi connectivity index (χ1n) is 4.92. The lowest BCUT2D eigenvalue weighted by Gasteiger charge is -2.15. The van der Waals surface area contributed by atoms with Crippen LogP contribution < -0.4 is 5.32 Å². The molecule has 0 saturated carbocycles.